The highest BCUT2D eigenvalue weighted by Gasteiger charge is 2.08. The van der Waals surface area contributed by atoms with E-state index >= 15 is 0 Å². The average Bonchev–Trinajstić information content (AvgIpc) is 2.01. The van der Waals surface area contributed by atoms with Gasteiger partial charge in [0.05, 0.1) is 21.9 Å². The van der Waals surface area contributed by atoms with Crippen LogP contribution in [0.15, 0.2) is 22.0 Å². The van der Waals surface area contributed by atoms with Crippen molar-refractivity contribution in [3.8, 4) is 0 Å². The van der Waals surface area contributed by atoms with Crippen molar-refractivity contribution in [1.82, 2.24) is 4.31 Å². The van der Waals surface area contributed by atoms with Crippen LogP contribution in [0, 0.1) is 0 Å². The zero-order valence-corrected chi connectivity index (χ0v) is 10.3. The van der Waals surface area contributed by atoms with E-state index in [1.54, 1.807) is 14.1 Å². The molecule has 4 nitrogen and oxygen atoms in total. The molecule has 1 unspecified atom stereocenters. The molecule has 0 radical (unpaired) electrons. The summed E-state index contributed by atoms with van der Waals surface area (Å²) in [4.78, 5) is 0. The van der Waals surface area contributed by atoms with Crippen LogP contribution >= 0.6 is 23.2 Å². The van der Waals surface area contributed by atoms with E-state index in [-0.39, 0.29) is 16.1 Å². The topological polar surface area (TPSA) is 72.3 Å². The summed E-state index contributed by atoms with van der Waals surface area (Å²) in [5.74, 6) is 0.190. The minimum absolute atomic E-state index is 0.0452. The standard InChI is InChI=1S/C7H13Cl2N3OS/c1-12(2)14(13)4-5(7(9)11)3-6(8)10/h3H,4,10-11H2,1-2H3/b6-3-,7-5+. The van der Waals surface area contributed by atoms with Crippen LogP contribution in [-0.4, -0.2) is 28.4 Å². The number of rotatable bonds is 4. The van der Waals surface area contributed by atoms with Gasteiger partial charge in [-0.2, -0.15) is 0 Å². The second-order valence-corrected chi connectivity index (χ2v) is 5.19. The number of nitrogens with two attached hydrogens (primary N) is 2. The molecule has 1 atom stereocenters. The predicted molar refractivity (Wildman–Crippen MR) is 61.9 cm³/mol. The Morgan fingerprint density at radius 2 is 1.93 bits per heavy atom. The molecule has 14 heavy (non-hydrogen) atoms. The lowest BCUT2D eigenvalue weighted by atomic mass is 10.3. The summed E-state index contributed by atoms with van der Waals surface area (Å²) in [6.07, 6.45) is 1.39. The first kappa shape index (κ1) is 13.8. The van der Waals surface area contributed by atoms with Gasteiger partial charge in [0.15, 0.2) is 0 Å². The Bertz CT molecular complexity index is 281. The molecule has 0 aromatic heterocycles. The van der Waals surface area contributed by atoms with Crippen LogP contribution in [-0.2, 0) is 11.0 Å². The maximum absolute atomic E-state index is 11.4. The van der Waals surface area contributed by atoms with Gasteiger partial charge in [-0.1, -0.05) is 23.2 Å². The molecular formula is C7H13Cl2N3OS. The minimum Gasteiger partial charge on any atom is -0.389 e. The Kier molecular flexibility index (Phi) is 6.19. The summed E-state index contributed by atoms with van der Waals surface area (Å²) in [6, 6.07) is 0. The molecule has 0 heterocycles. The van der Waals surface area contributed by atoms with E-state index < -0.39 is 11.0 Å². The zero-order chi connectivity index (χ0) is 11.3. The number of nitrogens with zero attached hydrogens (tertiary/aromatic N) is 1. The van der Waals surface area contributed by atoms with Crippen LogP contribution in [0.2, 0.25) is 0 Å². The van der Waals surface area contributed by atoms with E-state index in [4.69, 9.17) is 34.7 Å². The fraction of sp³-hybridized carbons (Fsp3) is 0.429. The van der Waals surface area contributed by atoms with E-state index in [9.17, 15) is 4.21 Å². The van der Waals surface area contributed by atoms with Gasteiger partial charge in [-0.05, 0) is 20.2 Å². The van der Waals surface area contributed by atoms with Crippen molar-refractivity contribution >= 4 is 34.2 Å². The molecular weight excluding hydrogens is 245 g/mol. The van der Waals surface area contributed by atoms with Crippen molar-refractivity contribution in [2.75, 3.05) is 19.8 Å². The highest BCUT2D eigenvalue weighted by molar-refractivity contribution is 7.82. The molecule has 0 aliphatic carbocycles. The van der Waals surface area contributed by atoms with E-state index in [2.05, 4.69) is 0 Å². The van der Waals surface area contributed by atoms with Gasteiger partial charge in [-0.15, -0.1) is 0 Å². The van der Waals surface area contributed by atoms with Crippen LogP contribution in [0.4, 0.5) is 0 Å². The summed E-state index contributed by atoms with van der Waals surface area (Å²) < 4.78 is 13.0. The molecule has 0 spiro atoms. The van der Waals surface area contributed by atoms with Crippen molar-refractivity contribution in [3.05, 3.63) is 22.0 Å². The average molecular weight is 258 g/mol. The molecule has 0 aromatic rings. The Balaban J connectivity index is 4.67. The second kappa shape index (κ2) is 6.29. The third-order valence-electron chi connectivity index (χ3n) is 1.31. The minimum atomic E-state index is -1.19. The van der Waals surface area contributed by atoms with Gasteiger partial charge in [0, 0.05) is 5.57 Å². The normalized spacial score (nSPS) is 16.8. The van der Waals surface area contributed by atoms with Crippen LogP contribution < -0.4 is 11.5 Å². The van der Waals surface area contributed by atoms with Gasteiger partial charge >= 0.3 is 0 Å². The first-order valence-corrected chi connectivity index (χ1v) is 5.70. The van der Waals surface area contributed by atoms with Crippen molar-refractivity contribution in [3.63, 3.8) is 0 Å². The van der Waals surface area contributed by atoms with E-state index in [0.717, 1.165) is 0 Å². The number of allylic oxidation sites excluding steroid dienone is 1. The quantitative estimate of drug-likeness (QED) is 0.574. The van der Waals surface area contributed by atoms with Gasteiger partial charge in [0.25, 0.3) is 0 Å². The fourth-order valence-corrected chi connectivity index (χ4v) is 1.70. The first-order chi connectivity index (χ1) is 6.34. The molecule has 0 saturated heterocycles. The van der Waals surface area contributed by atoms with E-state index in [0.29, 0.717) is 5.57 Å². The lowest BCUT2D eigenvalue weighted by Crippen LogP contribution is -2.20. The lowest BCUT2D eigenvalue weighted by molar-refractivity contribution is 0.605. The third kappa shape index (κ3) is 5.49. The maximum atomic E-state index is 11.4. The van der Waals surface area contributed by atoms with Gasteiger partial charge in [-0.25, -0.2) is 8.51 Å². The van der Waals surface area contributed by atoms with Gasteiger partial charge < -0.3 is 11.5 Å². The molecule has 82 valence electrons. The Morgan fingerprint density at radius 1 is 1.43 bits per heavy atom. The predicted octanol–water partition coefficient (Wildman–Crippen LogP) is 0.660. The zero-order valence-electron chi connectivity index (χ0n) is 7.96. The summed E-state index contributed by atoms with van der Waals surface area (Å²) in [5.41, 5.74) is 11.1. The summed E-state index contributed by atoms with van der Waals surface area (Å²) >= 11 is 11.0. The van der Waals surface area contributed by atoms with E-state index in [1.165, 1.54) is 10.4 Å². The molecule has 0 fully saturated rings. The Hall–Kier alpha value is -0.230. The summed E-state index contributed by atoms with van der Waals surface area (Å²) in [6.45, 7) is 0. The van der Waals surface area contributed by atoms with Crippen molar-refractivity contribution in [2.24, 2.45) is 11.5 Å². The molecule has 4 N–H and O–H groups in total. The molecule has 0 aromatic carbocycles. The molecule has 0 amide bonds. The van der Waals surface area contributed by atoms with E-state index in [1.807, 2.05) is 0 Å². The largest absolute Gasteiger partial charge is 0.389 e. The molecule has 7 heteroatoms. The van der Waals surface area contributed by atoms with Crippen LogP contribution in [0.3, 0.4) is 0 Å². The van der Waals surface area contributed by atoms with Crippen LogP contribution in [0.1, 0.15) is 0 Å². The number of hydrogen-bond donors (Lipinski definition) is 2. The summed E-state index contributed by atoms with van der Waals surface area (Å²) in [7, 11) is 2.19. The van der Waals surface area contributed by atoms with Crippen molar-refractivity contribution in [1.29, 1.82) is 0 Å². The smallest absolute Gasteiger partial charge is 0.103 e. The molecule has 0 saturated carbocycles. The molecule has 0 rings (SSSR count). The Morgan fingerprint density at radius 3 is 2.21 bits per heavy atom. The molecule has 0 bridgehead atoms. The number of hydrogen-bond acceptors (Lipinski definition) is 3. The monoisotopic (exact) mass is 257 g/mol. The van der Waals surface area contributed by atoms with Crippen LogP contribution in [0.25, 0.3) is 0 Å². The molecule has 0 aliphatic heterocycles. The van der Waals surface area contributed by atoms with Gasteiger partial charge in [0.2, 0.25) is 0 Å². The third-order valence-corrected chi connectivity index (χ3v) is 3.03. The Labute approximate surface area is 96.1 Å². The lowest BCUT2D eigenvalue weighted by Gasteiger charge is -2.10. The van der Waals surface area contributed by atoms with Gasteiger partial charge in [-0.3, -0.25) is 0 Å². The summed E-state index contributed by atoms with van der Waals surface area (Å²) in [5, 5.41) is 0.100. The van der Waals surface area contributed by atoms with Crippen LogP contribution in [0.5, 0.6) is 0 Å². The molecule has 0 aliphatic rings. The SMILES string of the molecule is CN(C)S(=O)CC(/C=C(\N)Cl)=C(/N)Cl. The van der Waals surface area contributed by atoms with Crippen molar-refractivity contribution < 1.29 is 4.21 Å². The van der Waals surface area contributed by atoms with Gasteiger partial charge in [0.1, 0.15) is 5.16 Å². The first-order valence-electron chi connectivity index (χ1n) is 3.67. The maximum Gasteiger partial charge on any atom is 0.103 e. The fourth-order valence-electron chi connectivity index (χ4n) is 0.608. The van der Waals surface area contributed by atoms with Crippen molar-refractivity contribution in [2.45, 2.75) is 0 Å². The second-order valence-electron chi connectivity index (χ2n) is 2.68. The highest BCUT2D eigenvalue weighted by Crippen LogP contribution is 2.10. The number of halogens is 2. The highest BCUT2D eigenvalue weighted by atomic mass is 35.5.